The Labute approximate surface area is 115 Å². The van der Waals surface area contributed by atoms with Crippen molar-refractivity contribution in [3.05, 3.63) is 59.4 Å². The molecule has 8 heteroatoms. The zero-order chi connectivity index (χ0) is 15.6. The largest absolute Gasteiger partial charge is 0.573 e. The molecule has 0 bridgehead atoms. The fourth-order valence-electron chi connectivity index (χ4n) is 1.67. The van der Waals surface area contributed by atoms with Crippen molar-refractivity contribution in [2.45, 2.75) is 12.5 Å². The number of halogens is 6. The average Bonchev–Trinajstić information content (AvgIpc) is 2.37. The molecule has 0 radical (unpaired) electrons. The second kappa shape index (κ2) is 5.63. The minimum Gasteiger partial charge on any atom is -0.406 e. The minimum absolute atomic E-state index is 0.214. The maximum atomic E-state index is 14.1. The third-order valence-corrected chi connectivity index (χ3v) is 2.55. The van der Waals surface area contributed by atoms with E-state index in [1.54, 1.807) is 0 Å². The van der Waals surface area contributed by atoms with Gasteiger partial charge in [0.1, 0.15) is 5.75 Å². The zero-order valence-corrected chi connectivity index (χ0v) is 10.2. The molecule has 0 aliphatic carbocycles. The molecule has 0 aliphatic heterocycles. The molecule has 0 amide bonds. The number of benzene rings is 1. The molecule has 0 N–H and O–H groups in total. The summed E-state index contributed by atoms with van der Waals surface area (Å²) in [6.45, 7) is 0. The van der Waals surface area contributed by atoms with E-state index in [9.17, 15) is 26.3 Å². The summed E-state index contributed by atoms with van der Waals surface area (Å²) < 4.78 is 80.3. The molecule has 112 valence electrons. The van der Waals surface area contributed by atoms with Crippen LogP contribution in [0.25, 0.3) is 0 Å². The summed E-state index contributed by atoms with van der Waals surface area (Å²) in [5.74, 6) is -2.93. The predicted molar refractivity (Wildman–Crippen MR) is 60.2 cm³/mol. The molecule has 0 fully saturated rings. The van der Waals surface area contributed by atoms with E-state index in [4.69, 9.17) is 0 Å². The molecule has 2 rings (SSSR count). The molecule has 1 aromatic heterocycles. The van der Waals surface area contributed by atoms with Crippen LogP contribution in [0.3, 0.4) is 0 Å². The van der Waals surface area contributed by atoms with Gasteiger partial charge in [0.05, 0.1) is 18.0 Å². The van der Waals surface area contributed by atoms with Crippen molar-refractivity contribution in [1.29, 1.82) is 0 Å². The summed E-state index contributed by atoms with van der Waals surface area (Å²) in [7, 11) is 0. The quantitative estimate of drug-likeness (QED) is 0.788. The fraction of sp³-hybridized carbons (Fsp3) is 0.154. The molecule has 1 unspecified atom stereocenters. The summed E-state index contributed by atoms with van der Waals surface area (Å²) in [4.78, 5) is 3.21. The fourth-order valence-corrected chi connectivity index (χ4v) is 1.67. The maximum absolute atomic E-state index is 14.1. The van der Waals surface area contributed by atoms with Gasteiger partial charge < -0.3 is 4.74 Å². The van der Waals surface area contributed by atoms with Crippen LogP contribution in [0.15, 0.2) is 36.7 Å². The highest BCUT2D eigenvalue weighted by Crippen LogP contribution is 2.31. The van der Waals surface area contributed by atoms with Crippen LogP contribution in [0.1, 0.15) is 17.3 Å². The van der Waals surface area contributed by atoms with Crippen molar-refractivity contribution < 1.29 is 31.1 Å². The van der Waals surface area contributed by atoms with Crippen molar-refractivity contribution in [3.8, 4) is 5.75 Å². The van der Waals surface area contributed by atoms with Crippen molar-refractivity contribution >= 4 is 0 Å². The number of alkyl halides is 4. The van der Waals surface area contributed by atoms with Gasteiger partial charge in [0, 0.05) is 0 Å². The molecule has 21 heavy (non-hydrogen) atoms. The lowest BCUT2D eigenvalue weighted by atomic mass is 10.0. The van der Waals surface area contributed by atoms with E-state index in [0.29, 0.717) is 12.4 Å². The minimum atomic E-state index is -4.88. The number of hydrogen-bond donors (Lipinski definition) is 0. The molecular formula is C13H7F6NO. The molecule has 2 nitrogen and oxygen atoms in total. The first kappa shape index (κ1) is 15.1. The van der Waals surface area contributed by atoms with Crippen LogP contribution in [-0.4, -0.2) is 11.3 Å². The van der Waals surface area contributed by atoms with E-state index in [1.807, 2.05) is 0 Å². The molecule has 1 atom stereocenters. The van der Waals surface area contributed by atoms with Crippen LogP contribution in [0.5, 0.6) is 5.75 Å². The van der Waals surface area contributed by atoms with E-state index in [-0.39, 0.29) is 5.56 Å². The van der Waals surface area contributed by atoms with Crippen molar-refractivity contribution in [3.63, 3.8) is 0 Å². The lowest BCUT2D eigenvalue weighted by Gasteiger charge is -2.12. The Morgan fingerprint density at radius 3 is 1.95 bits per heavy atom. The topological polar surface area (TPSA) is 22.1 Å². The molecule has 0 aliphatic rings. The van der Waals surface area contributed by atoms with E-state index >= 15 is 0 Å². The van der Waals surface area contributed by atoms with Crippen LogP contribution in [0.4, 0.5) is 26.3 Å². The van der Waals surface area contributed by atoms with Crippen LogP contribution in [0, 0.1) is 11.6 Å². The summed E-state index contributed by atoms with van der Waals surface area (Å²) in [6, 6.07) is 3.61. The maximum Gasteiger partial charge on any atom is 0.573 e. The van der Waals surface area contributed by atoms with Gasteiger partial charge >= 0.3 is 6.36 Å². The highest BCUT2D eigenvalue weighted by molar-refractivity contribution is 5.34. The Kier molecular flexibility index (Phi) is 4.06. The van der Waals surface area contributed by atoms with E-state index in [2.05, 4.69) is 9.72 Å². The highest BCUT2D eigenvalue weighted by atomic mass is 19.4. The molecule has 0 saturated carbocycles. The van der Waals surface area contributed by atoms with Crippen LogP contribution in [0.2, 0.25) is 0 Å². The lowest BCUT2D eigenvalue weighted by Crippen LogP contribution is -2.17. The third kappa shape index (κ3) is 3.65. The number of ether oxygens (including phenoxy) is 1. The van der Waals surface area contributed by atoms with Gasteiger partial charge in [0.15, 0.2) is 17.8 Å². The molecule has 0 spiro atoms. The lowest BCUT2D eigenvalue weighted by molar-refractivity contribution is -0.274. The Morgan fingerprint density at radius 2 is 1.48 bits per heavy atom. The standard InChI is InChI=1S/C13H7F6NO/c14-9-5-20-6-10(15)11(9)12(16)7-1-3-8(4-2-7)21-13(17,18)19/h1-6,12H. The number of pyridine rings is 1. The van der Waals surface area contributed by atoms with Crippen LogP contribution >= 0.6 is 0 Å². The monoisotopic (exact) mass is 307 g/mol. The molecule has 1 aromatic carbocycles. The molecule has 0 saturated heterocycles. The van der Waals surface area contributed by atoms with Gasteiger partial charge in [-0.2, -0.15) is 0 Å². The third-order valence-electron chi connectivity index (χ3n) is 2.55. The molecule has 1 heterocycles. The van der Waals surface area contributed by atoms with Gasteiger partial charge in [0.25, 0.3) is 0 Å². The summed E-state index contributed by atoms with van der Waals surface area (Å²) in [5, 5.41) is 0. The van der Waals surface area contributed by atoms with Crippen molar-refractivity contribution in [2.24, 2.45) is 0 Å². The smallest absolute Gasteiger partial charge is 0.406 e. The van der Waals surface area contributed by atoms with Crippen LogP contribution < -0.4 is 4.74 Å². The first-order valence-corrected chi connectivity index (χ1v) is 5.56. The summed E-state index contributed by atoms with van der Waals surface area (Å²) >= 11 is 0. The van der Waals surface area contributed by atoms with Crippen molar-refractivity contribution in [1.82, 2.24) is 4.98 Å². The van der Waals surface area contributed by atoms with Crippen molar-refractivity contribution in [2.75, 3.05) is 0 Å². The van der Waals surface area contributed by atoms with Gasteiger partial charge in [-0.1, -0.05) is 12.1 Å². The van der Waals surface area contributed by atoms with Gasteiger partial charge in [-0.05, 0) is 17.7 Å². The Bertz CT molecular complexity index is 605. The zero-order valence-electron chi connectivity index (χ0n) is 10.2. The predicted octanol–water partition coefficient (Wildman–Crippen LogP) is 4.32. The Balaban J connectivity index is 2.26. The second-order valence-electron chi connectivity index (χ2n) is 4.00. The van der Waals surface area contributed by atoms with Crippen LogP contribution in [-0.2, 0) is 0 Å². The number of aromatic nitrogens is 1. The summed E-state index contributed by atoms with van der Waals surface area (Å²) in [6.07, 6.45) is -5.76. The summed E-state index contributed by atoms with van der Waals surface area (Å²) in [5.41, 5.74) is -1.07. The molecular weight excluding hydrogens is 300 g/mol. The average molecular weight is 307 g/mol. The Morgan fingerprint density at radius 1 is 0.952 bits per heavy atom. The first-order chi connectivity index (χ1) is 9.78. The SMILES string of the molecule is Fc1cncc(F)c1C(F)c1ccc(OC(F)(F)F)cc1. The van der Waals surface area contributed by atoms with Gasteiger partial charge in [-0.25, -0.2) is 13.2 Å². The number of hydrogen-bond acceptors (Lipinski definition) is 2. The normalized spacial score (nSPS) is 13.0. The first-order valence-electron chi connectivity index (χ1n) is 5.56. The van der Waals surface area contributed by atoms with E-state index < -0.39 is 35.5 Å². The number of rotatable bonds is 3. The van der Waals surface area contributed by atoms with E-state index in [1.165, 1.54) is 0 Å². The molecule has 2 aromatic rings. The van der Waals surface area contributed by atoms with Gasteiger partial charge in [-0.15, -0.1) is 13.2 Å². The van der Waals surface area contributed by atoms with Gasteiger partial charge in [0.2, 0.25) is 0 Å². The number of nitrogens with zero attached hydrogens (tertiary/aromatic N) is 1. The highest BCUT2D eigenvalue weighted by Gasteiger charge is 2.31. The Hall–Kier alpha value is -2.25. The van der Waals surface area contributed by atoms with Gasteiger partial charge in [-0.3, -0.25) is 4.98 Å². The second-order valence-corrected chi connectivity index (χ2v) is 4.00. The van der Waals surface area contributed by atoms with E-state index in [0.717, 1.165) is 24.3 Å².